The molecule has 11 heteroatoms. The van der Waals surface area contributed by atoms with Gasteiger partial charge in [0.1, 0.15) is 18.6 Å². The van der Waals surface area contributed by atoms with Crippen LogP contribution in [0.1, 0.15) is 32.6 Å². The van der Waals surface area contributed by atoms with Crippen molar-refractivity contribution in [1.82, 2.24) is 15.5 Å². The summed E-state index contributed by atoms with van der Waals surface area (Å²) in [6.07, 6.45) is -1.62. The number of carbonyl (C=O) groups excluding carboxylic acids is 4. The molecule has 0 aromatic carbocycles. The van der Waals surface area contributed by atoms with Crippen molar-refractivity contribution >= 4 is 23.8 Å². The molecule has 1 aliphatic carbocycles. The van der Waals surface area contributed by atoms with E-state index in [1.807, 2.05) is 6.92 Å². The van der Waals surface area contributed by atoms with Crippen LogP contribution in [-0.2, 0) is 19.1 Å². The molecule has 146 valence electrons. The number of halogens is 3. The number of esters is 1. The third kappa shape index (κ3) is 4.44. The van der Waals surface area contributed by atoms with Gasteiger partial charge in [0.25, 0.3) is 11.8 Å². The molecule has 2 rings (SSSR count). The van der Waals surface area contributed by atoms with Gasteiger partial charge in [-0.25, -0.2) is 4.79 Å². The summed E-state index contributed by atoms with van der Waals surface area (Å²) in [6, 6.07) is -0.720. The van der Waals surface area contributed by atoms with Crippen molar-refractivity contribution in [3.8, 4) is 0 Å². The molecule has 0 aromatic rings. The lowest BCUT2D eigenvalue weighted by molar-refractivity contribution is -0.153. The fourth-order valence-corrected chi connectivity index (χ4v) is 3.21. The number of urea groups is 1. The Balaban J connectivity index is 1.86. The van der Waals surface area contributed by atoms with E-state index < -0.39 is 55.2 Å². The average molecular weight is 379 g/mol. The van der Waals surface area contributed by atoms with Crippen LogP contribution in [-0.4, -0.2) is 60.1 Å². The van der Waals surface area contributed by atoms with E-state index >= 15 is 0 Å². The zero-order valence-electron chi connectivity index (χ0n) is 14.1. The van der Waals surface area contributed by atoms with Crippen LogP contribution < -0.4 is 10.6 Å². The summed E-state index contributed by atoms with van der Waals surface area (Å²) in [5, 5.41) is 4.19. The molecule has 2 aliphatic rings. The van der Waals surface area contributed by atoms with Crippen LogP contribution in [0.2, 0.25) is 0 Å². The summed E-state index contributed by atoms with van der Waals surface area (Å²) in [5.74, 6) is -2.79. The van der Waals surface area contributed by atoms with Crippen LogP contribution >= 0.6 is 0 Å². The SMILES string of the molecule is C[C@@H]1CCCC[C@@]12NC(=O)N(CC(=O)OCC(=O)NCC(F)(F)F)C2=O. The number of alkyl halides is 3. The first-order chi connectivity index (χ1) is 12.0. The van der Waals surface area contributed by atoms with E-state index in [4.69, 9.17) is 0 Å². The van der Waals surface area contributed by atoms with Gasteiger partial charge in [-0.15, -0.1) is 0 Å². The van der Waals surface area contributed by atoms with Crippen LogP contribution in [0.25, 0.3) is 0 Å². The number of nitrogens with zero attached hydrogens (tertiary/aromatic N) is 1. The second kappa shape index (κ2) is 7.50. The van der Waals surface area contributed by atoms with Crippen molar-refractivity contribution in [2.24, 2.45) is 5.92 Å². The summed E-state index contributed by atoms with van der Waals surface area (Å²) in [4.78, 5) is 48.4. The number of rotatable bonds is 5. The van der Waals surface area contributed by atoms with Crippen LogP contribution in [0.4, 0.5) is 18.0 Å². The molecule has 1 saturated heterocycles. The third-order valence-corrected chi connectivity index (χ3v) is 4.64. The summed E-state index contributed by atoms with van der Waals surface area (Å²) in [6.45, 7) is -1.33. The summed E-state index contributed by atoms with van der Waals surface area (Å²) < 4.78 is 40.4. The summed E-state index contributed by atoms with van der Waals surface area (Å²) >= 11 is 0. The molecular formula is C15H20F3N3O5. The standard InChI is InChI=1S/C15H20F3N3O5/c1-9-4-2-3-5-14(9)12(24)21(13(25)20-14)6-11(23)26-7-10(22)19-8-15(16,17)18/h9H,2-8H2,1H3,(H,19,22)(H,20,25)/t9-,14-/m1/s1. The van der Waals surface area contributed by atoms with E-state index in [-0.39, 0.29) is 5.92 Å². The summed E-state index contributed by atoms with van der Waals surface area (Å²) in [7, 11) is 0. The van der Waals surface area contributed by atoms with Crippen molar-refractivity contribution in [3.05, 3.63) is 0 Å². The Hall–Kier alpha value is -2.33. The Labute approximate surface area is 147 Å². The first-order valence-electron chi connectivity index (χ1n) is 8.18. The molecule has 0 unspecified atom stereocenters. The molecule has 2 fully saturated rings. The first-order valence-corrected chi connectivity index (χ1v) is 8.18. The molecule has 8 nitrogen and oxygen atoms in total. The number of nitrogens with one attached hydrogen (secondary N) is 2. The van der Waals surface area contributed by atoms with Crippen molar-refractivity contribution in [3.63, 3.8) is 0 Å². The fourth-order valence-electron chi connectivity index (χ4n) is 3.21. The minimum absolute atomic E-state index is 0.0816. The molecule has 1 saturated carbocycles. The maximum Gasteiger partial charge on any atom is 0.405 e. The minimum Gasteiger partial charge on any atom is -0.454 e. The molecule has 2 N–H and O–H groups in total. The van der Waals surface area contributed by atoms with Crippen LogP contribution in [0.5, 0.6) is 0 Å². The molecule has 0 radical (unpaired) electrons. The Morgan fingerprint density at radius 1 is 1.35 bits per heavy atom. The van der Waals surface area contributed by atoms with Gasteiger partial charge >= 0.3 is 18.2 Å². The van der Waals surface area contributed by atoms with E-state index in [1.165, 1.54) is 0 Å². The zero-order valence-corrected chi connectivity index (χ0v) is 14.1. The Morgan fingerprint density at radius 2 is 2.04 bits per heavy atom. The molecule has 1 aliphatic heterocycles. The summed E-state index contributed by atoms with van der Waals surface area (Å²) in [5.41, 5.74) is -1.03. The average Bonchev–Trinajstić information content (AvgIpc) is 2.78. The predicted octanol–water partition coefficient (Wildman–Crippen LogP) is 0.709. The van der Waals surface area contributed by atoms with Gasteiger partial charge in [-0.05, 0) is 18.8 Å². The highest BCUT2D eigenvalue weighted by atomic mass is 19.4. The Morgan fingerprint density at radius 3 is 2.65 bits per heavy atom. The largest absolute Gasteiger partial charge is 0.454 e. The number of ether oxygens (including phenoxy) is 1. The van der Waals surface area contributed by atoms with Crippen molar-refractivity contribution in [2.45, 2.75) is 44.3 Å². The number of carbonyl (C=O) groups is 4. The van der Waals surface area contributed by atoms with E-state index in [1.54, 1.807) is 5.32 Å². The fraction of sp³-hybridized carbons (Fsp3) is 0.733. The van der Waals surface area contributed by atoms with Gasteiger partial charge in [0.2, 0.25) is 0 Å². The van der Waals surface area contributed by atoms with Gasteiger partial charge in [0.05, 0.1) is 0 Å². The normalized spacial score (nSPS) is 26.0. The van der Waals surface area contributed by atoms with Crippen molar-refractivity contribution in [2.75, 3.05) is 19.7 Å². The number of imide groups is 1. The smallest absolute Gasteiger partial charge is 0.405 e. The lowest BCUT2D eigenvalue weighted by Crippen LogP contribution is -2.54. The van der Waals surface area contributed by atoms with Gasteiger partial charge in [-0.1, -0.05) is 19.8 Å². The van der Waals surface area contributed by atoms with Gasteiger partial charge in [-0.3, -0.25) is 19.3 Å². The van der Waals surface area contributed by atoms with E-state index in [2.05, 4.69) is 10.1 Å². The van der Waals surface area contributed by atoms with Gasteiger partial charge in [0, 0.05) is 0 Å². The number of hydrogen-bond acceptors (Lipinski definition) is 5. The van der Waals surface area contributed by atoms with E-state index in [9.17, 15) is 32.3 Å². The first kappa shape index (κ1) is 20.0. The Kier molecular flexibility index (Phi) is 5.77. The highest BCUT2D eigenvalue weighted by molar-refractivity contribution is 6.09. The van der Waals surface area contributed by atoms with E-state index in [0.29, 0.717) is 6.42 Å². The van der Waals surface area contributed by atoms with Gasteiger partial charge in [0.15, 0.2) is 6.61 Å². The number of hydrogen-bond donors (Lipinski definition) is 2. The maximum atomic E-state index is 12.6. The molecule has 1 heterocycles. The minimum atomic E-state index is -4.58. The molecule has 4 amide bonds. The number of amides is 4. The monoisotopic (exact) mass is 379 g/mol. The highest BCUT2D eigenvalue weighted by Gasteiger charge is 2.55. The van der Waals surface area contributed by atoms with Gasteiger partial charge in [-0.2, -0.15) is 13.2 Å². The molecule has 1 spiro atoms. The second-order valence-corrected chi connectivity index (χ2v) is 6.49. The van der Waals surface area contributed by atoms with Crippen LogP contribution in [0.3, 0.4) is 0 Å². The molecule has 2 atom stereocenters. The lowest BCUT2D eigenvalue weighted by Gasteiger charge is -2.36. The van der Waals surface area contributed by atoms with E-state index in [0.717, 1.165) is 24.2 Å². The molecule has 26 heavy (non-hydrogen) atoms. The maximum absolute atomic E-state index is 12.6. The predicted molar refractivity (Wildman–Crippen MR) is 80.6 cm³/mol. The quantitative estimate of drug-likeness (QED) is 0.541. The van der Waals surface area contributed by atoms with Crippen molar-refractivity contribution < 1.29 is 37.1 Å². The second-order valence-electron chi connectivity index (χ2n) is 6.49. The molecule has 0 bridgehead atoms. The van der Waals surface area contributed by atoms with Crippen LogP contribution in [0.15, 0.2) is 0 Å². The third-order valence-electron chi connectivity index (χ3n) is 4.64. The lowest BCUT2D eigenvalue weighted by atomic mass is 9.73. The van der Waals surface area contributed by atoms with Crippen LogP contribution in [0, 0.1) is 5.92 Å². The highest BCUT2D eigenvalue weighted by Crippen LogP contribution is 2.38. The molecule has 0 aromatic heterocycles. The zero-order chi connectivity index (χ0) is 19.5. The topological polar surface area (TPSA) is 105 Å². The molecular weight excluding hydrogens is 359 g/mol. The van der Waals surface area contributed by atoms with Crippen molar-refractivity contribution in [1.29, 1.82) is 0 Å². The Bertz CT molecular complexity index is 610. The van der Waals surface area contributed by atoms with Gasteiger partial charge < -0.3 is 15.4 Å².